The number of hydrazone groups is 1. The highest BCUT2D eigenvalue weighted by Crippen LogP contribution is 2.37. The van der Waals surface area contributed by atoms with Crippen LogP contribution in [0.15, 0.2) is 80.0 Å². The molecule has 0 aliphatic carbocycles. The Morgan fingerprint density at radius 2 is 2.05 bits per heavy atom. The minimum Gasteiger partial charge on any atom is -0.493 e. The van der Waals surface area contributed by atoms with E-state index >= 15 is 0 Å². The lowest BCUT2D eigenvalue weighted by atomic mass is 10.2. The lowest BCUT2D eigenvalue weighted by Crippen LogP contribution is -2.19. The highest BCUT2D eigenvalue weighted by atomic mass is 79.9. The van der Waals surface area contributed by atoms with Crippen molar-refractivity contribution in [1.29, 1.82) is 0 Å². The molecule has 1 N–H and O–H groups in total. The van der Waals surface area contributed by atoms with Gasteiger partial charge in [0.15, 0.2) is 15.8 Å². The second-order valence-corrected chi connectivity index (χ2v) is 10.8. The molecule has 1 aromatic heterocycles. The van der Waals surface area contributed by atoms with Gasteiger partial charge in [0.25, 0.3) is 5.91 Å². The lowest BCUT2D eigenvalue weighted by molar-refractivity contribution is -0.118. The molecule has 1 heterocycles. The van der Waals surface area contributed by atoms with E-state index < -0.39 is 5.82 Å². The highest BCUT2D eigenvalue weighted by molar-refractivity contribution is 9.10. The van der Waals surface area contributed by atoms with Crippen LogP contribution in [0.1, 0.15) is 11.1 Å². The zero-order valence-electron chi connectivity index (χ0n) is 19.4. The topological polar surface area (TPSA) is 72.8 Å². The number of amides is 1. The van der Waals surface area contributed by atoms with Crippen LogP contribution in [0.3, 0.4) is 0 Å². The molecule has 11 heteroatoms. The SMILES string of the molecule is COc1cc(/C=N/NC(=O)CSc2nc(-c3ccccc3)cs2)cc(Br)c1OCc1c(F)cccc1Cl. The van der Waals surface area contributed by atoms with Crippen LogP contribution in [0, 0.1) is 5.82 Å². The minimum absolute atomic E-state index is 0.0758. The van der Waals surface area contributed by atoms with E-state index in [2.05, 4.69) is 31.4 Å². The van der Waals surface area contributed by atoms with E-state index in [1.165, 1.54) is 48.6 Å². The summed E-state index contributed by atoms with van der Waals surface area (Å²) in [6.45, 7) is -0.0758. The fourth-order valence-electron chi connectivity index (χ4n) is 3.17. The van der Waals surface area contributed by atoms with Crippen molar-refractivity contribution >= 4 is 62.8 Å². The maximum absolute atomic E-state index is 14.1. The zero-order chi connectivity index (χ0) is 26.2. The number of halogens is 3. The molecule has 0 saturated heterocycles. The fraction of sp³-hybridized carbons (Fsp3) is 0.115. The maximum atomic E-state index is 14.1. The molecular formula is C26H20BrClFN3O3S2. The average molecular weight is 621 g/mol. The molecule has 1 amide bonds. The number of nitrogens with zero attached hydrogens (tertiary/aromatic N) is 2. The Kier molecular flexibility index (Phi) is 9.56. The van der Waals surface area contributed by atoms with Crippen LogP contribution in [0.25, 0.3) is 11.3 Å². The van der Waals surface area contributed by atoms with Crippen molar-refractivity contribution in [3.05, 3.63) is 92.5 Å². The molecule has 3 aromatic carbocycles. The van der Waals surface area contributed by atoms with E-state index in [4.69, 9.17) is 21.1 Å². The molecule has 190 valence electrons. The molecule has 0 aliphatic heterocycles. The summed E-state index contributed by atoms with van der Waals surface area (Å²) in [5.74, 6) is 0.260. The summed E-state index contributed by atoms with van der Waals surface area (Å²) < 4.78 is 26.7. The van der Waals surface area contributed by atoms with Crippen LogP contribution in [-0.4, -0.2) is 30.0 Å². The van der Waals surface area contributed by atoms with Gasteiger partial charge in [-0.15, -0.1) is 11.3 Å². The average Bonchev–Trinajstić information content (AvgIpc) is 3.37. The third-order valence-corrected chi connectivity index (χ3v) is 7.92. The molecular weight excluding hydrogens is 601 g/mol. The molecule has 0 radical (unpaired) electrons. The van der Waals surface area contributed by atoms with E-state index in [0.717, 1.165) is 15.6 Å². The second kappa shape index (κ2) is 13.0. The Balaban J connectivity index is 1.32. The number of hydrogen-bond acceptors (Lipinski definition) is 7. The molecule has 4 rings (SSSR count). The number of thioether (sulfide) groups is 1. The number of carbonyl (C=O) groups excluding carboxylic acids is 1. The quantitative estimate of drug-likeness (QED) is 0.115. The van der Waals surface area contributed by atoms with Gasteiger partial charge >= 0.3 is 0 Å². The van der Waals surface area contributed by atoms with Gasteiger partial charge in [-0.05, 0) is 45.8 Å². The van der Waals surface area contributed by atoms with Gasteiger partial charge in [-0.1, -0.05) is 59.8 Å². The van der Waals surface area contributed by atoms with Crippen LogP contribution >= 0.6 is 50.6 Å². The van der Waals surface area contributed by atoms with Crippen molar-refractivity contribution in [2.24, 2.45) is 5.10 Å². The van der Waals surface area contributed by atoms with Gasteiger partial charge in [0.05, 0.1) is 34.3 Å². The third kappa shape index (κ3) is 7.32. The Bertz CT molecular complexity index is 1400. The third-order valence-electron chi connectivity index (χ3n) is 4.96. The summed E-state index contributed by atoms with van der Waals surface area (Å²) in [5.41, 5.74) is 5.34. The highest BCUT2D eigenvalue weighted by Gasteiger charge is 2.14. The van der Waals surface area contributed by atoms with Crippen molar-refractivity contribution in [3.8, 4) is 22.8 Å². The van der Waals surface area contributed by atoms with Crippen molar-refractivity contribution in [2.45, 2.75) is 10.9 Å². The van der Waals surface area contributed by atoms with E-state index in [1.807, 2.05) is 35.7 Å². The first-order chi connectivity index (χ1) is 17.9. The fourth-order valence-corrected chi connectivity index (χ4v) is 5.59. The van der Waals surface area contributed by atoms with Gasteiger partial charge in [-0.3, -0.25) is 4.79 Å². The summed E-state index contributed by atoms with van der Waals surface area (Å²) in [4.78, 5) is 16.8. The number of methoxy groups -OCH3 is 1. The Morgan fingerprint density at radius 3 is 2.81 bits per heavy atom. The Morgan fingerprint density at radius 1 is 1.24 bits per heavy atom. The van der Waals surface area contributed by atoms with Gasteiger partial charge in [0.2, 0.25) is 0 Å². The summed E-state index contributed by atoms with van der Waals surface area (Å²) >= 11 is 12.4. The predicted molar refractivity (Wildman–Crippen MR) is 150 cm³/mol. The number of nitrogens with one attached hydrogen (secondary N) is 1. The first kappa shape index (κ1) is 27.1. The van der Waals surface area contributed by atoms with Crippen LogP contribution in [0.4, 0.5) is 4.39 Å². The van der Waals surface area contributed by atoms with Crippen LogP contribution in [0.2, 0.25) is 5.02 Å². The zero-order valence-corrected chi connectivity index (χ0v) is 23.4. The van der Waals surface area contributed by atoms with Crippen molar-refractivity contribution in [1.82, 2.24) is 10.4 Å². The summed E-state index contributed by atoms with van der Waals surface area (Å²) in [5, 5.41) is 6.28. The normalized spacial score (nSPS) is 11.0. The number of benzene rings is 3. The largest absolute Gasteiger partial charge is 0.493 e. The lowest BCUT2D eigenvalue weighted by Gasteiger charge is -2.14. The van der Waals surface area contributed by atoms with Crippen molar-refractivity contribution < 1.29 is 18.7 Å². The molecule has 0 spiro atoms. The van der Waals surface area contributed by atoms with E-state index in [9.17, 15) is 9.18 Å². The molecule has 0 bridgehead atoms. The number of hydrogen-bond donors (Lipinski definition) is 1. The van der Waals surface area contributed by atoms with Gasteiger partial charge in [0, 0.05) is 16.5 Å². The first-order valence-corrected chi connectivity index (χ1v) is 13.9. The van der Waals surface area contributed by atoms with Gasteiger partial charge < -0.3 is 9.47 Å². The van der Waals surface area contributed by atoms with Crippen LogP contribution < -0.4 is 14.9 Å². The van der Waals surface area contributed by atoms with Crippen LogP contribution in [0.5, 0.6) is 11.5 Å². The van der Waals surface area contributed by atoms with Crippen molar-refractivity contribution in [3.63, 3.8) is 0 Å². The predicted octanol–water partition coefficient (Wildman–Crippen LogP) is 7.20. The molecule has 6 nitrogen and oxygen atoms in total. The van der Waals surface area contributed by atoms with E-state index in [1.54, 1.807) is 18.2 Å². The molecule has 4 aromatic rings. The maximum Gasteiger partial charge on any atom is 0.250 e. The Labute approximate surface area is 235 Å². The summed E-state index contributed by atoms with van der Waals surface area (Å²) in [7, 11) is 1.49. The molecule has 0 fully saturated rings. The minimum atomic E-state index is -0.452. The van der Waals surface area contributed by atoms with E-state index in [0.29, 0.717) is 21.5 Å². The summed E-state index contributed by atoms with van der Waals surface area (Å²) in [6.07, 6.45) is 1.49. The monoisotopic (exact) mass is 619 g/mol. The molecule has 37 heavy (non-hydrogen) atoms. The first-order valence-electron chi connectivity index (χ1n) is 10.8. The number of carbonyl (C=O) groups is 1. The van der Waals surface area contributed by atoms with Crippen molar-refractivity contribution in [2.75, 3.05) is 12.9 Å². The molecule has 0 unspecified atom stereocenters. The number of ether oxygens (including phenoxy) is 2. The Hall–Kier alpha value is -2.92. The number of aromatic nitrogens is 1. The van der Waals surface area contributed by atoms with Gasteiger partial charge in [-0.25, -0.2) is 14.8 Å². The molecule has 0 saturated carbocycles. The summed E-state index contributed by atoms with van der Waals surface area (Å²) in [6, 6.07) is 17.8. The molecule has 0 aliphatic rings. The smallest absolute Gasteiger partial charge is 0.250 e. The van der Waals surface area contributed by atoms with Crippen LogP contribution in [-0.2, 0) is 11.4 Å². The molecule has 0 atom stereocenters. The number of rotatable bonds is 10. The number of thiazole rings is 1. The van der Waals surface area contributed by atoms with Gasteiger partial charge in [0.1, 0.15) is 12.4 Å². The van der Waals surface area contributed by atoms with Gasteiger partial charge in [-0.2, -0.15) is 5.10 Å². The second-order valence-electron chi connectivity index (χ2n) is 7.47. The standard InChI is InChI=1S/C26H20BrClFN3O3S2/c1-34-23-11-16(10-19(27)25(23)35-13-18-20(28)8-5-9-21(18)29)12-30-32-24(33)15-37-26-31-22(14-36-26)17-6-3-2-4-7-17/h2-12,14H,13,15H2,1H3,(H,32,33)/b30-12+. The van der Waals surface area contributed by atoms with E-state index in [-0.39, 0.29) is 28.9 Å².